The van der Waals surface area contributed by atoms with Crippen LogP contribution in [-0.4, -0.2) is 45.3 Å². The molecule has 0 radical (unpaired) electrons. The Bertz CT molecular complexity index is 516. The number of anilines is 1. The van der Waals surface area contributed by atoms with E-state index >= 15 is 0 Å². The molecule has 0 amide bonds. The average Bonchev–Trinajstić information content (AvgIpc) is 2.95. The first-order valence-corrected chi connectivity index (χ1v) is 7.40. The van der Waals surface area contributed by atoms with Gasteiger partial charge in [0, 0.05) is 32.7 Å². The smallest absolute Gasteiger partial charge is 0.387 e. The summed E-state index contributed by atoms with van der Waals surface area (Å²) in [7, 11) is 1.73. The molecule has 2 rings (SSSR count). The van der Waals surface area contributed by atoms with Crippen LogP contribution in [-0.2, 0) is 0 Å². The summed E-state index contributed by atoms with van der Waals surface area (Å²) in [6.45, 7) is 1.48. The van der Waals surface area contributed by atoms with Gasteiger partial charge in [0.15, 0.2) is 5.96 Å². The van der Waals surface area contributed by atoms with Gasteiger partial charge in [-0.2, -0.15) is 8.78 Å². The molecule has 0 saturated carbocycles. The van der Waals surface area contributed by atoms with Crippen molar-refractivity contribution in [3.8, 4) is 5.75 Å². The molecule has 1 aliphatic heterocycles. The Kier molecular flexibility index (Phi) is 8.35. The maximum absolute atomic E-state index is 12.5. The Hall–Kier alpha value is -1.32. The number of guanidine groups is 1. The van der Waals surface area contributed by atoms with Crippen molar-refractivity contribution in [2.45, 2.75) is 26.0 Å². The zero-order valence-corrected chi connectivity index (χ0v) is 15.6. The molecule has 2 N–H and O–H groups in total. The van der Waals surface area contributed by atoms with Gasteiger partial charge in [-0.05, 0) is 25.5 Å². The standard InChI is InChI=1S/C15H22F2N4O.HI/c1-3-19-15(18-2)20-11-8-9-21(10-11)12-6-4-5-7-13(12)22-14(16)17;/h4-7,11,14H,3,8-10H2,1-2H3,(H2,18,19,20);1H. The van der Waals surface area contributed by atoms with Gasteiger partial charge in [-0.3, -0.25) is 4.99 Å². The number of nitrogens with zero attached hydrogens (tertiary/aromatic N) is 2. The SMILES string of the molecule is CCNC(=NC)NC1CCN(c2ccccc2OC(F)F)C1.I. The highest BCUT2D eigenvalue weighted by atomic mass is 127. The maximum atomic E-state index is 12.5. The highest BCUT2D eigenvalue weighted by Crippen LogP contribution is 2.31. The Morgan fingerprint density at radius 1 is 1.43 bits per heavy atom. The first-order chi connectivity index (χ1) is 10.6. The third kappa shape index (κ3) is 5.67. The minimum atomic E-state index is -2.81. The minimum absolute atomic E-state index is 0. The molecule has 0 aromatic heterocycles. The molecule has 1 unspecified atom stereocenters. The first-order valence-electron chi connectivity index (χ1n) is 7.40. The van der Waals surface area contributed by atoms with Crippen LogP contribution in [0.3, 0.4) is 0 Å². The normalized spacial score (nSPS) is 17.9. The zero-order chi connectivity index (χ0) is 15.9. The Balaban J connectivity index is 0.00000264. The number of hydrogen-bond acceptors (Lipinski definition) is 3. The summed E-state index contributed by atoms with van der Waals surface area (Å²) in [6, 6.07) is 7.11. The van der Waals surface area contributed by atoms with E-state index in [1.165, 1.54) is 0 Å². The summed E-state index contributed by atoms with van der Waals surface area (Å²) in [5, 5.41) is 6.48. The van der Waals surface area contributed by atoms with Crippen molar-refractivity contribution in [1.82, 2.24) is 10.6 Å². The van der Waals surface area contributed by atoms with E-state index < -0.39 is 6.61 Å². The molecule has 0 spiro atoms. The predicted molar refractivity (Wildman–Crippen MR) is 99.3 cm³/mol. The van der Waals surface area contributed by atoms with Crippen LogP contribution in [0.15, 0.2) is 29.3 Å². The number of ether oxygens (including phenoxy) is 1. The van der Waals surface area contributed by atoms with E-state index in [2.05, 4.69) is 25.3 Å². The van der Waals surface area contributed by atoms with E-state index in [1.54, 1.807) is 25.2 Å². The van der Waals surface area contributed by atoms with Gasteiger partial charge in [0.2, 0.25) is 0 Å². The number of aliphatic imine (C=N–C) groups is 1. The summed E-state index contributed by atoms with van der Waals surface area (Å²) < 4.78 is 29.6. The van der Waals surface area contributed by atoms with E-state index in [1.807, 2.05) is 13.0 Å². The number of hydrogen-bond donors (Lipinski definition) is 2. The average molecular weight is 440 g/mol. The fraction of sp³-hybridized carbons (Fsp3) is 0.533. The summed E-state index contributed by atoms with van der Waals surface area (Å²) in [4.78, 5) is 6.20. The van der Waals surface area contributed by atoms with E-state index in [9.17, 15) is 8.78 Å². The van der Waals surface area contributed by atoms with E-state index in [4.69, 9.17) is 0 Å². The third-order valence-corrected chi connectivity index (χ3v) is 3.52. The van der Waals surface area contributed by atoms with Crippen molar-refractivity contribution >= 4 is 35.6 Å². The predicted octanol–water partition coefficient (Wildman–Crippen LogP) is 2.67. The van der Waals surface area contributed by atoms with Crippen LogP contribution in [0.4, 0.5) is 14.5 Å². The second-order valence-corrected chi connectivity index (χ2v) is 5.02. The van der Waals surface area contributed by atoms with E-state index in [0.29, 0.717) is 12.2 Å². The summed E-state index contributed by atoms with van der Waals surface area (Å²) in [5.74, 6) is 0.973. The molecule has 1 saturated heterocycles. The van der Waals surface area contributed by atoms with Crippen molar-refractivity contribution < 1.29 is 13.5 Å². The second kappa shape index (κ2) is 9.74. The molecule has 8 heteroatoms. The van der Waals surface area contributed by atoms with Gasteiger partial charge in [-0.25, -0.2) is 0 Å². The molecule has 1 fully saturated rings. The lowest BCUT2D eigenvalue weighted by atomic mass is 10.2. The zero-order valence-electron chi connectivity index (χ0n) is 13.3. The lowest BCUT2D eigenvalue weighted by molar-refractivity contribution is -0.0495. The second-order valence-electron chi connectivity index (χ2n) is 5.02. The van der Waals surface area contributed by atoms with Gasteiger partial charge in [0.1, 0.15) is 5.75 Å². The summed E-state index contributed by atoms with van der Waals surface area (Å²) in [6.07, 6.45) is 0.910. The number of halogens is 3. The van der Waals surface area contributed by atoms with Gasteiger partial charge in [-0.15, -0.1) is 24.0 Å². The van der Waals surface area contributed by atoms with Crippen LogP contribution in [0.5, 0.6) is 5.75 Å². The quantitative estimate of drug-likeness (QED) is 0.420. The number of nitrogens with one attached hydrogen (secondary N) is 2. The van der Waals surface area contributed by atoms with Gasteiger partial charge in [0.05, 0.1) is 5.69 Å². The molecule has 0 bridgehead atoms. The van der Waals surface area contributed by atoms with Crippen molar-refractivity contribution in [1.29, 1.82) is 0 Å². The number of benzene rings is 1. The molecular weight excluding hydrogens is 417 g/mol. The number of alkyl halides is 2. The molecule has 1 heterocycles. The van der Waals surface area contributed by atoms with Crippen molar-refractivity contribution in [2.75, 3.05) is 31.6 Å². The van der Waals surface area contributed by atoms with Gasteiger partial charge in [0.25, 0.3) is 0 Å². The monoisotopic (exact) mass is 440 g/mol. The molecule has 1 atom stereocenters. The van der Waals surface area contributed by atoms with Gasteiger partial charge < -0.3 is 20.3 Å². The van der Waals surface area contributed by atoms with Crippen molar-refractivity contribution in [3.63, 3.8) is 0 Å². The molecule has 23 heavy (non-hydrogen) atoms. The summed E-state index contributed by atoms with van der Waals surface area (Å²) in [5.41, 5.74) is 0.700. The lowest BCUT2D eigenvalue weighted by Gasteiger charge is -2.22. The largest absolute Gasteiger partial charge is 0.433 e. The Morgan fingerprint density at radius 2 is 2.17 bits per heavy atom. The van der Waals surface area contributed by atoms with E-state index in [0.717, 1.165) is 25.5 Å². The fourth-order valence-electron chi connectivity index (χ4n) is 2.57. The molecule has 0 aliphatic carbocycles. The Labute approximate surface area is 152 Å². The molecule has 130 valence electrons. The van der Waals surface area contributed by atoms with Gasteiger partial charge in [-0.1, -0.05) is 12.1 Å². The van der Waals surface area contributed by atoms with Crippen molar-refractivity contribution in [3.05, 3.63) is 24.3 Å². The highest BCUT2D eigenvalue weighted by Gasteiger charge is 2.25. The number of rotatable bonds is 5. The molecule has 5 nitrogen and oxygen atoms in total. The van der Waals surface area contributed by atoms with Crippen molar-refractivity contribution in [2.24, 2.45) is 4.99 Å². The van der Waals surface area contributed by atoms with Crippen LogP contribution in [0, 0.1) is 0 Å². The van der Waals surface area contributed by atoms with Crippen LogP contribution in [0.2, 0.25) is 0 Å². The maximum Gasteiger partial charge on any atom is 0.387 e. The highest BCUT2D eigenvalue weighted by molar-refractivity contribution is 14.0. The molecule has 1 aromatic rings. The molecule has 1 aromatic carbocycles. The van der Waals surface area contributed by atoms with Crippen LogP contribution in [0.25, 0.3) is 0 Å². The molecule has 1 aliphatic rings. The van der Waals surface area contributed by atoms with Gasteiger partial charge >= 0.3 is 6.61 Å². The van der Waals surface area contributed by atoms with Crippen LogP contribution in [0.1, 0.15) is 13.3 Å². The molecular formula is C15H23F2IN4O. The minimum Gasteiger partial charge on any atom is -0.433 e. The summed E-state index contributed by atoms with van der Waals surface area (Å²) >= 11 is 0. The van der Waals surface area contributed by atoms with Crippen LogP contribution >= 0.6 is 24.0 Å². The van der Waals surface area contributed by atoms with Crippen LogP contribution < -0.4 is 20.3 Å². The first kappa shape index (κ1) is 19.7. The Morgan fingerprint density at radius 3 is 2.83 bits per heavy atom. The number of para-hydroxylation sites is 2. The fourth-order valence-corrected chi connectivity index (χ4v) is 2.57. The van der Waals surface area contributed by atoms with E-state index in [-0.39, 0.29) is 35.8 Å². The lowest BCUT2D eigenvalue weighted by Crippen LogP contribution is -2.44. The third-order valence-electron chi connectivity index (χ3n) is 3.52. The topological polar surface area (TPSA) is 48.9 Å².